The van der Waals surface area contributed by atoms with Crippen LogP contribution in [0.15, 0.2) is 18.6 Å². The first-order valence-corrected chi connectivity index (χ1v) is 5.17. The average molecular weight is 262 g/mol. The molecule has 0 saturated heterocycles. The standard InChI is InChI=1S/C10H10N6O3/c11-7(17)6(8(12)18)16-10(19)5-1-4-2-13-3-14-9(4)15-5/h1-3,6H,(H2,11,17)(H2,12,18)(H,16,19)(H,13,14,15). The predicted molar refractivity (Wildman–Crippen MR) is 63.5 cm³/mol. The molecule has 2 aromatic heterocycles. The average Bonchev–Trinajstić information content (AvgIpc) is 2.78. The van der Waals surface area contributed by atoms with Crippen molar-refractivity contribution in [1.29, 1.82) is 0 Å². The number of fused-ring (bicyclic) bond motifs is 1. The number of hydrogen-bond acceptors (Lipinski definition) is 5. The van der Waals surface area contributed by atoms with Gasteiger partial charge in [0.15, 0.2) is 6.04 Å². The summed E-state index contributed by atoms with van der Waals surface area (Å²) in [5.41, 5.74) is 10.5. The third kappa shape index (κ3) is 2.49. The summed E-state index contributed by atoms with van der Waals surface area (Å²) in [6, 6.07) is -0.0889. The number of rotatable bonds is 4. The number of amides is 3. The summed E-state index contributed by atoms with van der Waals surface area (Å²) < 4.78 is 0. The van der Waals surface area contributed by atoms with Crippen molar-refractivity contribution in [3.05, 3.63) is 24.3 Å². The molecule has 0 fully saturated rings. The summed E-state index contributed by atoms with van der Waals surface area (Å²) in [5, 5.41) is 2.74. The highest BCUT2D eigenvalue weighted by molar-refractivity contribution is 6.08. The number of hydrogen-bond donors (Lipinski definition) is 4. The van der Waals surface area contributed by atoms with E-state index in [1.54, 1.807) is 0 Å². The Hall–Kier alpha value is -2.97. The van der Waals surface area contributed by atoms with Gasteiger partial charge < -0.3 is 21.8 Å². The predicted octanol–water partition coefficient (Wildman–Crippen LogP) is -1.97. The molecule has 2 heterocycles. The number of aromatic amines is 1. The van der Waals surface area contributed by atoms with E-state index in [0.717, 1.165) is 0 Å². The molecule has 0 aliphatic rings. The second kappa shape index (κ2) is 4.72. The fraction of sp³-hybridized carbons (Fsp3) is 0.100. The minimum Gasteiger partial charge on any atom is -0.367 e. The van der Waals surface area contributed by atoms with Crippen molar-refractivity contribution in [2.24, 2.45) is 11.5 Å². The van der Waals surface area contributed by atoms with Gasteiger partial charge in [-0.05, 0) is 6.07 Å². The SMILES string of the molecule is NC(=O)C(NC(=O)c1cc2cncnc2[nH]1)C(N)=O. The molecular formula is C10H10N6O3. The number of primary amides is 2. The van der Waals surface area contributed by atoms with Crippen molar-refractivity contribution in [2.75, 3.05) is 0 Å². The summed E-state index contributed by atoms with van der Waals surface area (Å²) in [7, 11) is 0. The highest BCUT2D eigenvalue weighted by Crippen LogP contribution is 2.10. The quantitative estimate of drug-likeness (QED) is 0.470. The van der Waals surface area contributed by atoms with E-state index in [1.807, 2.05) is 0 Å². The van der Waals surface area contributed by atoms with Crippen LogP contribution >= 0.6 is 0 Å². The zero-order chi connectivity index (χ0) is 14.0. The van der Waals surface area contributed by atoms with Crippen LogP contribution in [-0.4, -0.2) is 38.7 Å². The zero-order valence-corrected chi connectivity index (χ0v) is 9.58. The van der Waals surface area contributed by atoms with Gasteiger partial charge in [-0.3, -0.25) is 14.4 Å². The number of carbonyl (C=O) groups is 3. The molecule has 2 rings (SSSR count). The van der Waals surface area contributed by atoms with Gasteiger partial charge >= 0.3 is 0 Å². The molecule has 0 atom stereocenters. The van der Waals surface area contributed by atoms with Crippen molar-refractivity contribution in [3.63, 3.8) is 0 Å². The van der Waals surface area contributed by atoms with Crippen LogP contribution < -0.4 is 16.8 Å². The Balaban J connectivity index is 2.24. The minimum atomic E-state index is -1.56. The molecule has 19 heavy (non-hydrogen) atoms. The third-order valence-corrected chi connectivity index (χ3v) is 2.38. The van der Waals surface area contributed by atoms with E-state index < -0.39 is 23.8 Å². The van der Waals surface area contributed by atoms with Crippen LogP contribution in [0.1, 0.15) is 10.5 Å². The van der Waals surface area contributed by atoms with E-state index in [2.05, 4.69) is 20.3 Å². The lowest BCUT2D eigenvalue weighted by molar-refractivity contribution is -0.128. The molecule has 0 aliphatic heterocycles. The summed E-state index contributed by atoms with van der Waals surface area (Å²) in [4.78, 5) is 44.1. The van der Waals surface area contributed by atoms with Crippen molar-refractivity contribution >= 4 is 28.8 Å². The summed E-state index contributed by atoms with van der Waals surface area (Å²) in [6.07, 6.45) is 2.82. The number of nitrogens with zero attached hydrogens (tertiary/aromatic N) is 2. The number of nitrogens with two attached hydrogens (primary N) is 2. The highest BCUT2D eigenvalue weighted by Gasteiger charge is 2.25. The molecular weight excluding hydrogens is 252 g/mol. The van der Waals surface area contributed by atoms with E-state index >= 15 is 0 Å². The first-order valence-electron chi connectivity index (χ1n) is 5.17. The second-order valence-corrected chi connectivity index (χ2v) is 3.72. The number of H-pyrrole nitrogens is 1. The Labute approximate surface area is 106 Å². The third-order valence-electron chi connectivity index (χ3n) is 2.38. The van der Waals surface area contributed by atoms with Crippen LogP contribution in [0, 0.1) is 0 Å². The van der Waals surface area contributed by atoms with E-state index in [0.29, 0.717) is 11.0 Å². The first-order chi connectivity index (χ1) is 8.99. The molecule has 9 nitrogen and oxygen atoms in total. The maximum atomic E-state index is 11.8. The van der Waals surface area contributed by atoms with Crippen LogP contribution in [0.25, 0.3) is 11.0 Å². The van der Waals surface area contributed by atoms with Crippen molar-refractivity contribution in [2.45, 2.75) is 6.04 Å². The Morgan fingerprint density at radius 3 is 2.53 bits per heavy atom. The van der Waals surface area contributed by atoms with Gasteiger partial charge in [0.2, 0.25) is 11.8 Å². The monoisotopic (exact) mass is 262 g/mol. The van der Waals surface area contributed by atoms with Gasteiger partial charge in [0.25, 0.3) is 5.91 Å². The van der Waals surface area contributed by atoms with E-state index in [1.165, 1.54) is 18.6 Å². The van der Waals surface area contributed by atoms with Crippen LogP contribution in [0.2, 0.25) is 0 Å². The molecule has 3 amide bonds. The van der Waals surface area contributed by atoms with Crippen LogP contribution in [0.5, 0.6) is 0 Å². The summed E-state index contributed by atoms with van der Waals surface area (Å²) >= 11 is 0. The van der Waals surface area contributed by atoms with Crippen molar-refractivity contribution < 1.29 is 14.4 Å². The first kappa shape index (κ1) is 12.5. The number of carbonyl (C=O) groups excluding carboxylic acids is 3. The molecule has 0 saturated carbocycles. The van der Waals surface area contributed by atoms with Gasteiger partial charge in [-0.25, -0.2) is 9.97 Å². The molecule has 0 bridgehead atoms. The molecule has 98 valence electrons. The van der Waals surface area contributed by atoms with Crippen LogP contribution in [0.4, 0.5) is 0 Å². The summed E-state index contributed by atoms with van der Waals surface area (Å²) in [6.45, 7) is 0. The molecule has 0 radical (unpaired) electrons. The Morgan fingerprint density at radius 1 is 1.26 bits per heavy atom. The smallest absolute Gasteiger partial charge is 0.268 e. The fourth-order valence-electron chi connectivity index (χ4n) is 1.48. The molecule has 9 heteroatoms. The van der Waals surface area contributed by atoms with Gasteiger partial charge in [-0.15, -0.1) is 0 Å². The van der Waals surface area contributed by atoms with Gasteiger partial charge in [0.05, 0.1) is 0 Å². The Kier molecular flexibility index (Phi) is 3.10. The second-order valence-electron chi connectivity index (χ2n) is 3.72. The normalized spacial score (nSPS) is 10.6. The Bertz CT molecular complexity index is 617. The minimum absolute atomic E-state index is 0.114. The molecule has 0 unspecified atom stereocenters. The molecule has 0 aromatic carbocycles. The lowest BCUT2D eigenvalue weighted by Crippen LogP contribution is -2.52. The van der Waals surface area contributed by atoms with E-state index in [4.69, 9.17) is 11.5 Å². The maximum Gasteiger partial charge on any atom is 0.268 e. The van der Waals surface area contributed by atoms with Crippen LogP contribution in [0.3, 0.4) is 0 Å². The van der Waals surface area contributed by atoms with E-state index in [9.17, 15) is 14.4 Å². The van der Waals surface area contributed by atoms with Crippen molar-refractivity contribution in [1.82, 2.24) is 20.3 Å². The number of aromatic nitrogens is 3. The maximum absolute atomic E-state index is 11.8. The molecule has 2 aromatic rings. The largest absolute Gasteiger partial charge is 0.367 e. The van der Waals surface area contributed by atoms with Gasteiger partial charge in [0.1, 0.15) is 17.7 Å². The molecule has 6 N–H and O–H groups in total. The van der Waals surface area contributed by atoms with Gasteiger partial charge in [-0.2, -0.15) is 0 Å². The summed E-state index contributed by atoms with van der Waals surface area (Å²) in [5.74, 6) is -2.76. The zero-order valence-electron chi connectivity index (χ0n) is 9.58. The van der Waals surface area contributed by atoms with Gasteiger partial charge in [0, 0.05) is 11.6 Å². The lowest BCUT2D eigenvalue weighted by atomic mass is 10.2. The highest BCUT2D eigenvalue weighted by atomic mass is 16.2. The lowest BCUT2D eigenvalue weighted by Gasteiger charge is -2.10. The van der Waals surface area contributed by atoms with Crippen LogP contribution in [-0.2, 0) is 9.59 Å². The van der Waals surface area contributed by atoms with Crippen molar-refractivity contribution in [3.8, 4) is 0 Å². The topological polar surface area (TPSA) is 157 Å². The molecule has 0 spiro atoms. The fourth-order valence-corrected chi connectivity index (χ4v) is 1.48. The van der Waals surface area contributed by atoms with Gasteiger partial charge in [-0.1, -0.05) is 0 Å². The number of nitrogens with one attached hydrogen (secondary N) is 2. The van der Waals surface area contributed by atoms with E-state index in [-0.39, 0.29) is 5.69 Å². The Morgan fingerprint density at radius 2 is 1.95 bits per heavy atom. The molecule has 0 aliphatic carbocycles.